The van der Waals surface area contributed by atoms with Gasteiger partial charge in [0.15, 0.2) is 17.9 Å². The highest BCUT2D eigenvalue weighted by Gasteiger charge is 2.69. The van der Waals surface area contributed by atoms with Gasteiger partial charge in [-0.3, -0.25) is 14.4 Å². The second kappa shape index (κ2) is 12.7. The first kappa shape index (κ1) is 32.6. The van der Waals surface area contributed by atoms with Crippen molar-refractivity contribution in [1.29, 1.82) is 0 Å². The van der Waals surface area contributed by atoms with Crippen molar-refractivity contribution in [1.82, 2.24) is 10.6 Å². The van der Waals surface area contributed by atoms with Crippen LogP contribution in [-0.2, 0) is 43.2 Å². The third kappa shape index (κ3) is 6.59. The molecule has 238 valence electrons. The van der Waals surface area contributed by atoms with E-state index in [0.29, 0.717) is 12.3 Å². The molecule has 0 unspecified atom stereocenters. The number of rotatable bonds is 11. The van der Waals surface area contributed by atoms with Gasteiger partial charge in [0.2, 0.25) is 23.9 Å². The zero-order chi connectivity index (χ0) is 31.0. The molecule has 0 aromatic rings. The number of amides is 2. The Bertz CT molecular complexity index is 1040. The van der Waals surface area contributed by atoms with Gasteiger partial charge in [-0.25, -0.2) is 14.6 Å². The number of carbonyl (C=O) groups is 4. The minimum absolute atomic E-state index is 0.00504. The van der Waals surface area contributed by atoms with Crippen LogP contribution < -0.4 is 10.6 Å². The van der Waals surface area contributed by atoms with Gasteiger partial charge in [-0.2, -0.15) is 0 Å². The Morgan fingerprint density at radius 2 is 1.71 bits per heavy atom. The Morgan fingerprint density at radius 1 is 1.00 bits per heavy atom. The van der Waals surface area contributed by atoms with Crippen LogP contribution in [0.1, 0.15) is 86.5 Å². The molecular formula is C29H46N2O11. The molecule has 2 amide bonds. The molecule has 11 atom stereocenters. The highest BCUT2D eigenvalue weighted by Crippen LogP contribution is 2.60. The Hall–Kier alpha value is -2.32. The van der Waals surface area contributed by atoms with Crippen molar-refractivity contribution >= 4 is 23.8 Å². The summed E-state index contributed by atoms with van der Waals surface area (Å²) < 4.78 is 18.3. The van der Waals surface area contributed by atoms with Crippen LogP contribution in [0.5, 0.6) is 0 Å². The molecule has 4 heterocycles. The van der Waals surface area contributed by atoms with E-state index in [-0.39, 0.29) is 42.9 Å². The monoisotopic (exact) mass is 598 g/mol. The van der Waals surface area contributed by atoms with Crippen LogP contribution in [0.15, 0.2) is 0 Å². The van der Waals surface area contributed by atoms with Crippen LogP contribution in [0.2, 0.25) is 0 Å². The first-order valence-electron chi connectivity index (χ1n) is 15.1. The number of aliphatic carboxylic acids is 1. The van der Waals surface area contributed by atoms with Crippen LogP contribution in [0, 0.1) is 29.6 Å². The van der Waals surface area contributed by atoms with Crippen molar-refractivity contribution in [2.75, 3.05) is 0 Å². The summed E-state index contributed by atoms with van der Waals surface area (Å²) in [7, 11) is 0. The van der Waals surface area contributed by atoms with Gasteiger partial charge in [0, 0.05) is 24.7 Å². The van der Waals surface area contributed by atoms with Gasteiger partial charge < -0.3 is 35.1 Å². The summed E-state index contributed by atoms with van der Waals surface area (Å²) in [5.74, 6) is -3.95. The maximum Gasteiger partial charge on any atom is 0.328 e. The van der Waals surface area contributed by atoms with E-state index in [1.54, 1.807) is 0 Å². The fourth-order valence-corrected chi connectivity index (χ4v) is 7.02. The van der Waals surface area contributed by atoms with E-state index in [4.69, 9.17) is 24.0 Å². The van der Waals surface area contributed by atoms with Gasteiger partial charge in [-0.15, -0.1) is 0 Å². The number of carboxylic acids is 1. The van der Waals surface area contributed by atoms with Crippen LogP contribution in [0.4, 0.5) is 0 Å². The quantitative estimate of drug-likeness (QED) is 0.202. The molecule has 0 radical (unpaired) electrons. The van der Waals surface area contributed by atoms with E-state index in [1.807, 2.05) is 27.7 Å². The van der Waals surface area contributed by atoms with Crippen molar-refractivity contribution in [2.45, 2.75) is 129 Å². The largest absolute Gasteiger partial charge is 0.480 e. The maximum absolute atomic E-state index is 12.9. The molecule has 2 bridgehead atoms. The van der Waals surface area contributed by atoms with Gasteiger partial charge in [-0.1, -0.05) is 27.7 Å². The number of aliphatic hydroxyl groups is 1. The van der Waals surface area contributed by atoms with E-state index in [0.717, 1.165) is 19.3 Å². The van der Waals surface area contributed by atoms with Gasteiger partial charge in [0.25, 0.3) is 0 Å². The molecular weight excluding hydrogens is 552 g/mol. The zero-order valence-corrected chi connectivity index (χ0v) is 25.3. The van der Waals surface area contributed by atoms with Crippen LogP contribution in [0.25, 0.3) is 0 Å². The summed E-state index contributed by atoms with van der Waals surface area (Å²) >= 11 is 0. The van der Waals surface area contributed by atoms with Crippen molar-refractivity contribution in [3.63, 3.8) is 0 Å². The molecule has 5 fully saturated rings. The summed E-state index contributed by atoms with van der Waals surface area (Å²) in [6, 6.07) is -2.56. The minimum Gasteiger partial charge on any atom is -0.480 e. The third-order valence-corrected chi connectivity index (χ3v) is 9.31. The Labute approximate surface area is 246 Å². The van der Waals surface area contributed by atoms with Crippen molar-refractivity contribution < 1.29 is 53.4 Å². The molecule has 4 N–H and O–H groups in total. The van der Waals surface area contributed by atoms with Gasteiger partial charge in [0.05, 0.1) is 12.5 Å². The smallest absolute Gasteiger partial charge is 0.328 e. The predicted molar refractivity (Wildman–Crippen MR) is 145 cm³/mol. The molecule has 5 rings (SSSR count). The normalized spacial score (nSPS) is 37.5. The molecule has 5 aliphatic rings. The van der Waals surface area contributed by atoms with Crippen molar-refractivity contribution in [3.05, 3.63) is 0 Å². The molecule has 13 heteroatoms. The summed E-state index contributed by atoms with van der Waals surface area (Å²) in [4.78, 5) is 61.6. The Kier molecular flexibility index (Phi) is 9.88. The average molecular weight is 599 g/mol. The van der Waals surface area contributed by atoms with E-state index in [2.05, 4.69) is 17.6 Å². The van der Waals surface area contributed by atoms with Crippen LogP contribution in [-0.4, -0.2) is 76.1 Å². The molecule has 4 aliphatic heterocycles. The molecule has 1 aliphatic carbocycles. The molecule has 1 spiro atoms. The highest BCUT2D eigenvalue weighted by atomic mass is 17.3. The zero-order valence-electron chi connectivity index (χ0n) is 25.3. The molecule has 13 nitrogen and oxygen atoms in total. The number of hydrogen-bond acceptors (Lipinski definition) is 10. The second-order valence-corrected chi connectivity index (χ2v) is 13.1. The molecule has 4 saturated heterocycles. The van der Waals surface area contributed by atoms with E-state index in [9.17, 15) is 29.4 Å². The van der Waals surface area contributed by atoms with Crippen LogP contribution >= 0.6 is 0 Å². The summed E-state index contributed by atoms with van der Waals surface area (Å²) in [5.41, 5.74) is -0.782. The lowest BCUT2D eigenvalue weighted by atomic mass is 9.58. The second-order valence-electron chi connectivity index (χ2n) is 13.1. The SMILES string of the molecule is CC(C)C[C@H](NC(=O)CCC(=O)O[C@@H]1O[C@@H]2O[C@]3(C)CC[C@H]4[C@H](C)CC[C@@H]([C@H]1C)[C@@]24OO3)C(=O)N[C@H](C(=O)O)[C@@H](C)O. The van der Waals surface area contributed by atoms with Crippen molar-refractivity contribution in [2.24, 2.45) is 29.6 Å². The number of esters is 1. The van der Waals surface area contributed by atoms with Gasteiger partial charge >= 0.3 is 11.9 Å². The lowest BCUT2D eigenvalue weighted by Crippen LogP contribution is -2.70. The van der Waals surface area contributed by atoms with E-state index < -0.39 is 65.9 Å². The molecule has 42 heavy (non-hydrogen) atoms. The van der Waals surface area contributed by atoms with Gasteiger partial charge in [0.1, 0.15) is 6.04 Å². The fraction of sp³-hybridized carbons (Fsp3) is 0.862. The number of carbonyl (C=O) groups excluding carboxylic acids is 3. The standard InChI is InChI=1S/C29H46N2O11/c1-14(2)13-20(24(35)31-23(17(5)32)25(36)37)30-21(33)9-10-22(34)38-26-16(4)19-8-7-15(3)18-11-12-28(6)40-27(39-26)29(18,19)42-41-28/h14-20,23,26-27,32H,7-13H2,1-6H3,(H,30,33)(H,31,35)(H,36,37)/t15-,16-,17-,18+,19+,20+,23+,26-,27-,28+,29-/m1/s1. The van der Waals surface area contributed by atoms with Gasteiger partial charge in [-0.05, 0) is 57.3 Å². The fourth-order valence-electron chi connectivity index (χ4n) is 7.02. The maximum atomic E-state index is 12.9. The summed E-state index contributed by atoms with van der Waals surface area (Å²) in [6.45, 7) is 10.9. The number of fused-ring (bicyclic) bond motifs is 2. The summed E-state index contributed by atoms with van der Waals surface area (Å²) in [6.07, 6.45) is 0.133. The number of nitrogens with one attached hydrogen (secondary N) is 2. The lowest BCUT2D eigenvalue weighted by molar-refractivity contribution is -0.576. The summed E-state index contributed by atoms with van der Waals surface area (Å²) in [5, 5.41) is 23.8. The molecule has 0 aromatic heterocycles. The number of hydrogen-bond donors (Lipinski definition) is 4. The molecule has 0 aromatic carbocycles. The average Bonchev–Trinajstić information content (AvgIpc) is 3.13. The first-order valence-corrected chi connectivity index (χ1v) is 15.1. The molecule has 1 saturated carbocycles. The third-order valence-electron chi connectivity index (χ3n) is 9.31. The minimum atomic E-state index is -1.52. The highest BCUT2D eigenvalue weighted by molar-refractivity contribution is 5.91. The van der Waals surface area contributed by atoms with Crippen LogP contribution in [0.3, 0.4) is 0 Å². The number of ether oxygens (including phenoxy) is 3. The first-order chi connectivity index (χ1) is 19.7. The Balaban J connectivity index is 1.35. The number of aliphatic hydroxyl groups excluding tert-OH is 1. The lowest BCUT2D eigenvalue weighted by Gasteiger charge is -2.59. The van der Waals surface area contributed by atoms with E-state index in [1.165, 1.54) is 6.92 Å². The van der Waals surface area contributed by atoms with Crippen molar-refractivity contribution in [3.8, 4) is 0 Å². The number of carboxylic acid groups (broad SMARTS) is 1. The Morgan fingerprint density at radius 3 is 2.36 bits per heavy atom. The predicted octanol–water partition coefficient (Wildman–Crippen LogP) is 2.00. The van der Waals surface area contributed by atoms with E-state index >= 15 is 0 Å². The topological polar surface area (TPSA) is 179 Å².